The van der Waals surface area contributed by atoms with Crippen molar-refractivity contribution < 1.29 is 14.7 Å². The number of ether oxygens (including phenoxy) is 2. The van der Waals surface area contributed by atoms with Gasteiger partial charge < -0.3 is 14.7 Å². The predicted molar refractivity (Wildman–Crippen MR) is 71.8 cm³/mol. The van der Waals surface area contributed by atoms with Gasteiger partial charge in [0.05, 0.1) is 30.4 Å². The first kappa shape index (κ1) is 15.6. The maximum Gasteiger partial charge on any atom is 0.0802 e. The van der Waals surface area contributed by atoms with Crippen LogP contribution in [-0.4, -0.2) is 47.8 Å². The smallest absolute Gasteiger partial charge is 0.0802 e. The molecule has 0 saturated carbocycles. The molecule has 0 spiro atoms. The molecule has 1 heterocycles. The van der Waals surface area contributed by atoms with E-state index >= 15 is 0 Å². The molecule has 0 aromatic carbocycles. The molecule has 0 aromatic rings. The van der Waals surface area contributed by atoms with Crippen LogP contribution in [0.2, 0.25) is 0 Å². The van der Waals surface area contributed by atoms with E-state index in [9.17, 15) is 5.21 Å². The fraction of sp³-hybridized carbons (Fsp3) is 0.857. The van der Waals surface area contributed by atoms with Crippen molar-refractivity contribution in [1.29, 1.82) is 0 Å². The van der Waals surface area contributed by atoms with Gasteiger partial charge in [-0.2, -0.15) is 5.06 Å². The zero-order valence-electron chi connectivity index (χ0n) is 12.5. The van der Waals surface area contributed by atoms with Gasteiger partial charge in [-0.1, -0.05) is 13.0 Å². The molecule has 0 saturated heterocycles. The summed E-state index contributed by atoms with van der Waals surface area (Å²) in [5, 5.41) is 11.6. The molecule has 1 aliphatic heterocycles. The van der Waals surface area contributed by atoms with Crippen LogP contribution in [0.25, 0.3) is 0 Å². The van der Waals surface area contributed by atoms with Crippen LogP contribution in [0.5, 0.6) is 0 Å². The highest BCUT2D eigenvalue weighted by molar-refractivity contribution is 5.29. The third-order valence-electron chi connectivity index (χ3n) is 3.74. The molecular weight excluding hydrogens is 230 g/mol. The molecule has 0 aromatic heterocycles. The van der Waals surface area contributed by atoms with Crippen LogP contribution in [0.3, 0.4) is 0 Å². The second-order valence-electron chi connectivity index (χ2n) is 5.98. The fourth-order valence-corrected chi connectivity index (χ4v) is 2.39. The maximum atomic E-state index is 10.2. The molecule has 18 heavy (non-hydrogen) atoms. The van der Waals surface area contributed by atoms with Gasteiger partial charge in [-0.3, -0.25) is 0 Å². The Kier molecular flexibility index (Phi) is 4.95. The molecule has 0 bridgehead atoms. The van der Waals surface area contributed by atoms with Crippen molar-refractivity contribution in [1.82, 2.24) is 5.06 Å². The lowest BCUT2D eigenvalue weighted by Gasteiger charge is -2.36. The molecule has 4 nitrogen and oxygen atoms in total. The average Bonchev–Trinajstić information content (AvgIpc) is 2.45. The van der Waals surface area contributed by atoms with E-state index in [1.54, 1.807) is 7.11 Å². The molecule has 0 amide bonds. The summed E-state index contributed by atoms with van der Waals surface area (Å²) in [6.45, 7) is 11.2. The summed E-state index contributed by atoms with van der Waals surface area (Å²) in [5.74, 6) is 0. The summed E-state index contributed by atoms with van der Waals surface area (Å²) in [4.78, 5) is 0. The summed E-state index contributed by atoms with van der Waals surface area (Å²) in [5.41, 5.74) is 0.396. The maximum absolute atomic E-state index is 10.2. The van der Waals surface area contributed by atoms with Crippen molar-refractivity contribution in [3.8, 4) is 0 Å². The lowest BCUT2D eigenvalue weighted by atomic mass is 9.97. The van der Waals surface area contributed by atoms with Crippen molar-refractivity contribution in [2.24, 2.45) is 0 Å². The van der Waals surface area contributed by atoms with Gasteiger partial charge in [0.1, 0.15) is 0 Å². The Balaban J connectivity index is 2.57. The van der Waals surface area contributed by atoms with E-state index < -0.39 is 0 Å². The third kappa shape index (κ3) is 3.12. The molecular formula is C14H27NO3. The lowest BCUT2D eigenvalue weighted by Crippen LogP contribution is -2.48. The largest absolute Gasteiger partial charge is 0.379 e. The highest BCUT2D eigenvalue weighted by Crippen LogP contribution is 2.38. The molecule has 0 aliphatic carbocycles. The Bertz CT molecular complexity index is 306. The standard InChI is InChI=1S/C14H27NO3/c1-7-12(17-6)10-18-9-11-8-13(2,3)15(16)14(11,4)5/h8,12,16H,7,9-10H2,1-6H3. The van der Waals surface area contributed by atoms with Crippen molar-refractivity contribution >= 4 is 0 Å². The molecule has 1 N–H and O–H groups in total. The van der Waals surface area contributed by atoms with E-state index in [-0.39, 0.29) is 17.2 Å². The second kappa shape index (κ2) is 5.70. The van der Waals surface area contributed by atoms with E-state index in [2.05, 4.69) is 13.0 Å². The lowest BCUT2D eigenvalue weighted by molar-refractivity contribution is -0.186. The summed E-state index contributed by atoms with van der Waals surface area (Å²) < 4.78 is 11.0. The Labute approximate surface area is 111 Å². The topological polar surface area (TPSA) is 41.9 Å². The number of hydroxylamine groups is 2. The first-order valence-corrected chi connectivity index (χ1v) is 6.57. The number of rotatable bonds is 6. The van der Waals surface area contributed by atoms with Gasteiger partial charge >= 0.3 is 0 Å². The highest BCUT2D eigenvalue weighted by atomic mass is 16.5. The van der Waals surface area contributed by atoms with Gasteiger partial charge in [0.25, 0.3) is 0 Å². The summed E-state index contributed by atoms with van der Waals surface area (Å²) in [6, 6.07) is 0. The van der Waals surface area contributed by atoms with Gasteiger partial charge in [0, 0.05) is 7.11 Å². The molecule has 1 unspecified atom stereocenters. The van der Waals surface area contributed by atoms with E-state index in [0.717, 1.165) is 12.0 Å². The van der Waals surface area contributed by atoms with Crippen molar-refractivity contribution in [2.45, 2.75) is 58.2 Å². The van der Waals surface area contributed by atoms with Gasteiger partial charge in [0.2, 0.25) is 0 Å². The van der Waals surface area contributed by atoms with Crippen LogP contribution in [-0.2, 0) is 9.47 Å². The van der Waals surface area contributed by atoms with Crippen LogP contribution < -0.4 is 0 Å². The summed E-state index contributed by atoms with van der Waals surface area (Å²) in [6.07, 6.45) is 3.17. The van der Waals surface area contributed by atoms with Crippen LogP contribution in [0.15, 0.2) is 11.6 Å². The summed E-state index contributed by atoms with van der Waals surface area (Å²) >= 11 is 0. The number of hydrogen-bond acceptors (Lipinski definition) is 4. The third-order valence-corrected chi connectivity index (χ3v) is 3.74. The molecule has 1 atom stereocenters. The molecule has 0 radical (unpaired) electrons. The van der Waals surface area contributed by atoms with Crippen molar-refractivity contribution in [2.75, 3.05) is 20.3 Å². The van der Waals surface area contributed by atoms with Crippen LogP contribution in [0.4, 0.5) is 0 Å². The first-order valence-electron chi connectivity index (χ1n) is 6.57. The minimum atomic E-state index is -0.377. The predicted octanol–water partition coefficient (Wildman–Crippen LogP) is 2.62. The van der Waals surface area contributed by atoms with Crippen molar-refractivity contribution in [3.05, 3.63) is 11.6 Å². The van der Waals surface area contributed by atoms with Gasteiger partial charge in [-0.15, -0.1) is 0 Å². The Hall–Kier alpha value is -0.420. The molecule has 1 aliphatic rings. The average molecular weight is 257 g/mol. The Morgan fingerprint density at radius 2 is 1.94 bits per heavy atom. The molecule has 0 fully saturated rings. The Morgan fingerprint density at radius 1 is 1.33 bits per heavy atom. The molecule has 4 heteroatoms. The van der Waals surface area contributed by atoms with E-state index in [4.69, 9.17) is 9.47 Å². The molecule has 106 valence electrons. The monoisotopic (exact) mass is 257 g/mol. The van der Waals surface area contributed by atoms with Gasteiger partial charge in [0.15, 0.2) is 0 Å². The number of nitrogens with zero attached hydrogens (tertiary/aromatic N) is 1. The van der Waals surface area contributed by atoms with Crippen molar-refractivity contribution in [3.63, 3.8) is 0 Å². The number of hydrogen-bond donors (Lipinski definition) is 1. The van der Waals surface area contributed by atoms with E-state index in [0.29, 0.717) is 13.2 Å². The normalized spacial score (nSPS) is 24.1. The quantitative estimate of drug-likeness (QED) is 0.743. The SMILES string of the molecule is CCC(COCC1=CC(C)(C)N(O)C1(C)C)OC. The number of methoxy groups -OCH3 is 1. The van der Waals surface area contributed by atoms with Crippen LogP contribution in [0.1, 0.15) is 41.0 Å². The van der Waals surface area contributed by atoms with Gasteiger partial charge in [-0.25, -0.2) is 0 Å². The van der Waals surface area contributed by atoms with Crippen LogP contribution in [0, 0.1) is 0 Å². The van der Waals surface area contributed by atoms with Gasteiger partial charge in [-0.05, 0) is 39.7 Å². The molecule has 1 rings (SSSR count). The second-order valence-corrected chi connectivity index (χ2v) is 5.98. The fourth-order valence-electron chi connectivity index (χ4n) is 2.39. The minimum Gasteiger partial charge on any atom is -0.379 e. The first-order chi connectivity index (χ1) is 8.25. The van der Waals surface area contributed by atoms with E-state index in [1.807, 2.05) is 27.7 Å². The Morgan fingerprint density at radius 3 is 2.33 bits per heavy atom. The zero-order chi connectivity index (χ0) is 14.0. The minimum absolute atomic E-state index is 0.147. The highest BCUT2D eigenvalue weighted by Gasteiger charge is 2.44. The zero-order valence-corrected chi connectivity index (χ0v) is 12.5. The van der Waals surface area contributed by atoms with E-state index in [1.165, 1.54) is 5.06 Å². The van der Waals surface area contributed by atoms with Crippen LogP contribution >= 0.6 is 0 Å². The summed E-state index contributed by atoms with van der Waals surface area (Å²) in [7, 11) is 1.70.